The van der Waals surface area contributed by atoms with E-state index in [4.69, 9.17) is 4.74 Å². The lowest BCUT2D eigenvalue weighted by Crippen LogP contribution is -2.51. The van der Waals surface area contributed by atoms with Gasteiger partial charge in [-0.15, -0.1) is 6.58 Å². The third kappa shape index (κ3) is 8.77. The van der Waals surface area contributed by atoms with Crippen molar-refractivity contribution in [2.24, 2.45) is 29.6 Å². The molecule has 0 aromatic carbocycles. The number of hydrogen-bond donors (Lipinski definition) is 3. The predicted molar refractivity (Wildman–Crippen MR) is 152 cm³/mol. The topological polar surface area (TPSA) is 163 Å². The van der Waals surface area contributed by atoms with Crippen LogP contribution in [0.1, 0.15) is 40.5 Å². The number of hydrogen-bond acceptors (Lipinski definition) is 9. The molecule has 0 spiro atoms. The molecule has 0 fully saturated rings. The minimum atomic E-state index is -1.10. The SMILES string of the molecule is C=CCNC1C(=O)C=C2NC(=O)/C(C)=C/C=C\C(C=O)C(OC#N)/C(C)=C/C(C)C(O)C(C=O)CC(C)CC1C2=O. The lowest BCUT2D eigenvalue weighted by molar-refractivity contribution is -0.129. The van der Waals surface area contributed by atoms with Crippen molar-refractivity contribution in [2.45, 2.75) is 58.8 Å². The Balaban J connectivity index is 2.59. The second-order valence-electron chi connectivity index (χ2n) is 10.8. The van der Waals surface area contributed by atoms with Gasteiger partial charge in [0.05, 0.1) is 23.8 Å². The van der Waals surface area contributed by atoms with E-state index in [-0.39, 0.29) is 42.4 Å². The zero-order valence-electron chi connectivity index (χ0n) is 23.9. The molecule has 41 heavy (non-hydrogen) atoms. The number of amides is 1. The summed E-state index contributed by atoms with van der Waals surface area (Å²) in [5.41, 5.74) is 0.587. The number of rotatable bonds is 6. The summed E-state index contributed by atoms with van der Waals surface area (Å²) in [7, 11) is 0. The number of ketones is 2. The van der Waals surface area contributed by atoms with Crippen molar-refractivity contribution in [3.05, 3.63) is 59.9 Å². The predicted octanol–water partition coefficient (Wildman–Crippen LogP) is 2.27. The van der Waals surface area contributed by atoms with Crippen molar-refractivity contribution in [3.8, 4) is 6.26 Å². The highest BCUT2D eigenvalue weighted by Crippen LogP contribution is 2.30. The molecule has 0 saturated heterocycles. The minimum absolute atomic E-state index is 0.128. The van der Waals surface area contributed by atoms with Crippen LogP contribution < -0.4 is 10.6 Å². The zero-order chi connectivity index (χ0) is 30.7. The molecule has 1 aliphatic carbocycles. The number of aliphatic hydroxyl groups is 1. The molecular weight excluding hydrogens is 526 g/mol. The van der Waals surface area contributed by atoms with Crippen LogP contribution in [0.5, 0.6) is 0 Å². The average molecular weight is 566 g/mol. The third-order valence-corrected chi connectivity index (χ3v) is 7.51. The number of aliphatic hydroxyl groups excluding tert-OH is 1. The Labute approximate surface area is 240 Å². The Bertz CT molecular complexity index is 1190. The maximum atomic E-state index is 13.5. The quantitative estimate of drug-likeness (QED) is 0.249. The van der Waals surface area contributed by atoms with Crippen molar-refractivity contribution in [3.63, 3.8) is 0 Å². The summed E-state index contributed by atoms with van der Waals surface area (Å²) in [4.78, 5) is 63.4. The Hall–Kier alpha value is -3.94. The first kappa shape index (κ1) is 33.3. The van der Waals surface area contributed by atoms with E-state index in [0.717, 1.165) is 6.08 Å². The molecule has 220 valence electrons. The Morgan fingerprint density at radius 2 is 1.90 bits per heavy atom. The van der Waals surface area contributed by atoms with Crippen molar-refractivity contribution in [1.82, 2.24) is 10.6 Å². The van der Waals surface area contributed by atoms with E-state index in [1.807, 2.05) is 6.92 Å². The number of allylic oxidation sites excluding steroid dienone is 3. The maximum Gasteiger partial charge on any atom is 0.286 e. The number of Topliss-reactive ketones (excluding diaryl/α,β-unsaturated/α-hetero) is 1. The summed E-state index contributed by atoms with van der Waals surface area (Å²) in [5, 5.41) is 25.8. The number of ether oxygens (including phenoxy) is 1. The second kappa shape index (κ2) is 15.7. The standard InChI is InChI=1S/C31H39N3O7/c1-6-10-33-27-24-12-18(2)11-23(16-36)28(38)20(4)13-21(5)30(41-17-32)22(15-35)9-7-8-19(3)31(40)34-25(29(24)39)14-26(27)37/h6-9,13-16,18,20,22-24,27-28,30,33,38H,1,10-12H2,2-5H3,(H,34,40)/b9-7-,19-8+,21-13+. The fourth-order valence-corrected chi connectivity index (χ4v) is 5.29. The average Bonchev–Trinajstić information content (AvgIpc) is 2.94. The number of carbonyl (C=O) groups excluding carboxylic acids is 5. The first-order chi connectivity index (χ1) is 19.5. The van der Waals surface area contributed by atoms with Crippen LogP contribution in [-0.2, 0) is 28.7 Å². The van der Waals surface area contributed by atoms with Gasteiger partial charge in [-0.05, 0) is 38.2 Å². The Kier molecular flexibility index (Phi) is 12.8. The van der Waals surface area contributed by atoms with Gasteiger partial charge >= 0.3 is 0 Å². The first-order valence-corrected chi connectivity index (χ1v) is 13.6. The fraction of sp³-hybridized carbons (Fsp3) is 0.484. The van der Waals surface area contributed by atoms with Crippen LogP contribution in [-0.4, -0.2) is 59.9 Å². The summed E-state index contributed by atoms with van der Waals surface area (Å²) >= 11 is 0. The van der Waals surface area contributed by atoms with Gasteiger partial charge in [0.2, 0.25) is 0 Å². The number of carbonyl (C=O) groups is 5. The normalized spacial score (nSPS) is 35.3. The molecular formula is C31H39N3O7. The third-order valence-electron chi connectivity index (χ3n) is 7.51. The molecule has 10 heteroatoms. The molecule has 2 bridgehead atoms. The van der Waals surface area contributed by atoms with Gasteiger partial charge in [0.15, 0.2) is 11.6 Å². The van der Waals surface area contributed by atoms with E-state index in [2.05, 4.69) is 17.2 Å². The smallest absolute Gasteiger partial charge is 0.286 e. The lowest BCUT2D eigenvalue weighted by atomic mass is 9.76. The number of fused-ring (bicyclic) bond motifs is 2. The maximum absolute atomic E-state index is 13.5. The molecule has 8 unspecified atom stereocenters. The summed E-state index contributed by atoms with van der Waals surface area (Å²) in [6.07, 6.45) is 10.0. The van der Waals surface area contributed by atoms with Crippen LogP contribution in [0.2, 0.25) is 0 Å². The minimum Gasteiger partial charge on any atom is -0.419 e. The first-order valence-electron chi connectivity index (χ1n) is 13.6. The van der Waals surface area contributed by atoms with Crippen molar-refractivity contribution in [1.29, 1.82) is 5.26 Å². The Morgan fingerprint density at radius 1 is 1.20 bits per heavy atom. The summed E-state index contributed by atoms with van der Waals surface area (Å²) in [6, 6.07) is -0.835. The highest BCUT2D eigenvalue weighted by Gasteiger charge is 2.40. The fourth-order valence-electron chi connectivity index (χ4n) is 5.29. The zero-order valence-corrected chi connectivity index (χ0v) is 23.9. The summed E-state index contributed by atoms with van der Waals surface area (Å²) in [6.45, 7) is 10.7. The van der Waals surface area contributed by atoms with Gasteiger partial charge in [-0.1, -0.05) is 44.2 Å². The monoisotopic (exact) mass is 565 g/mol. The molecule has 3 N–H and O–H groups in total. The largest absolute Gasteiger partial charge is 0.419 e. The molecule has 1 amide bonds. The summed E-state index contributed by atoms with van der Waals surface area (Å²) < 4.78 is 5.18. The molecule has 0 aromatic rings. The molecule has 1 heterocycles. The van der Waals surface area contributed by atoms with E-state index in [1.54, 1.807) is 32.3 Å². The van der Waals surface area contributed by atoms with Crippen LogP contribution in [0.3, 0.4) is 0 Å². The molecule has 0 saturated carbocycles. The van der Waals surface area contributed by atoms with Gasteiger partial charge in [0, 0.05) is 35.9 Å². The lowest BCUT2D eigenvalue weighted by Gasteiger charge is -2.32. The van der Waals surface area contributed by atoms with Gasteiger partial charge < -0.3 is 30.1 Å². The molecule has 2 aliphatic rings. The van der Waals surface area contributed by atoms with E-state index in [0.29, 0.717) is 18.1 Å². The van der Waals surface area contributed by atoms with E-state index in [1.165, 1.54) is 25.2 Å². The van der Waals surface area contributed by atoms with Crippen LogP contribution >= 0.6 is 0 Å². The molecule has 0 aromatic heterocycles. The molecule has 8 atom stereocenters. The molecule has 10 nitrogen and oxygen atoms in total. The molecule has 2 rings (SSSR count). The van der Waals surface area contributed by atoms with Gasteiger partial charge in [0.25, 0.3) is 12.2 Å². The van der Waals surface area contributed by atoms with Crippen molar-refractivity contribution >= 4 is 30.0 Å². The number of nitriles is 1. The van der Waals surface area contributed by atoms with E-state index in [9.17, 15) is 34.3 Å². The highest BCUT2D eigenvalue weighted by atomic mass is 16.5. The Morgan fingerprint density at radius 3 is 2.51 bits per heavy atom. The van der Waals surface area contributed by atoms with Crippen molar-refractivity contribution < 1.29 is 33.8 Å². The van der Waals surface area contributed by atoms with Crippen LogP contribution in [0.15, 0.2) is 59.9 Å². The number of aldehydes is 2. The van der Waals surface area contributed by atoms with E-state index < -0.39 is 53.6 Å². The number of nitrogens with one attached hydrogen (secondary N) is 2. The van der Waals surface area contributed by atoms with Crippen LogP contribution in [0.25, 0.3) is 0 Å². The van der Waals surface area contributed by atoms with Crippen LogP contribution in [0.4, 0.5) is 0 Å². The van der Waals surface area contributed by atoms with Crippen LogP contribution in [0, 0.1) is 41.1 Å². The summed E-state index contributed by atoms with van der Waals surface area (Å²) in [5.74, 6) is -4.70. The van der Waals surface area contributed by atoms with Crippen molar-refractivity contribution in [2.75, 3.05) is 6.54 Å². The highest BCUT2D eigenvalue weighted by molar-refractivity contribution is 6.14. The second-order valence-corrected chi connectivity index (χ2v) is 10.8. The number of nitrogens with zero attached hydrogens (tertiary/aromatic N) is 1. The molecule has 1 aliphatic heterocycles. The van der Waals surface area contributed by atoms with Gasteiger partial charge in [-0.2, -0.15) is 5.26 Å². The van der Waals surface area contributed by atoms with Gasteiger partial charge in [-0.3, -0.25) is 14.4 Å². The van der Waals surface area contributed by atoms with E-state index >= 15 is 0 Å². The molecule has 0 radical (unpaired) electrons. The van der Waals surface area contributed by atoms with Gasteiger partial charge in [0.1, 0.15) is 18.7 Å². The van der Waals surface area contributed by atoms with Gasteiger partial charge in [-0.25, -0.2) is 0 Å².